The predicted octanol–water partition coefficient (Wildman–Crippen LogP) is 2.32. The molecule has 0 aliphatic carbocycles. The zero-order valence-corrected chi connectivity index (χ0v) is 12.3. The molecule has 1 aromatic heterocycles. The van der Waals surface area contributed by atoms with Crippen LogP contribution in [0.2, 0.25) is 0 Å². The van der Waals surface area contributed by atoms with Gasteiger partial charge in [-0.25, -0.2) is 0 Å². The maximum absolute atomic E-state index is 11.9. The van der Waals surface area contributed by atoms with E-state index in [1.807, 2.05) is 25.1 Å². The molecule has 0 radical (unpaired) electrons. The van der Waals surface area contributed by atoms with Crippen molar-refractivity contribution in [2.24, 2.45) is 0 Å². The summed E-state index contributed by atoms with van der Waals surface area (Å²) in [7, 11) is 1.58. The second-order valence-electron chi connectivity index (χ2n) is 4.43. The van der Waals surface area contributed by atoms with E-state index in [4.69, 9.17) is 14.0 Å². The normalized spacial score (nSPS) is 10.2. The van der Waals surface area contributed by atoms with Crippen molar-refractivity contribution < 1.29 is 18.8 Å². The van der Waals surface area contributed by atoms with E-state index < -0.39 is 0 Å². The number of methoxy groups -OCH3 is 1. The van der Waals surface area contributed by atoms with Crippen LogP contribution in [-0.4, -0.2) is 24.8 Å². The van der Waals surface area contributed by atoms with Gasteiger partial charge in [-0.05, 0) is 31.5 Å². The monoisotopic (exact) mass is 290 g/mol. The molecule has 0 spiro atoms. The molecule has 1 amide bonds. The van der Waals surface area contributed by atoms with Gasteiger partial charge in [0.1, 0.15) is 0 Å². The molecule has 2 rings (SSSR count). The summed E-state index contributed by atoms with van der Waals surface area (Å²) in [6.45, 7) is 4.60. The molecule has 6 nitrogen and oxygen atoms in total. The minimum Gasteiger partial charge on any atom is -0.493 e. The van der Waals surface area contributed by atoms with E-state index in [0.29, 0.717) is 30.3 Å². The molecule has 2 aromatic rings. The molecule has 1 N–H and O–H groups in total. The molecule has 0 fully saturated rings. The van der Waals surface area contributed by atoms with Crippen LogP contribution in [-0.2, 0) is 6.54 Å². The van der Waals surface area contributed by atoms with Crippen molar-refractivity contribution in [1.29, 1.82) is 0 Å². The third-order valence-corrected chi connectivity index (χ3v) is 2.83. The second kappa shape index (κ2) is 6.78. The van der Waals surface area contributed by atoms with Crippen LogP contribution in [0.5, 0.6) is 11.5 Å². The van der Waals surface area contributed by atoms with Crippen molar-refractivity contribution in [2.75, 3.05) is 13.7 Å². The molecule has 21 heavy (non-hydrogen) atoms. The smallest absolute Gasteiger partial charge is 0.290 e. The lowest BCUT2D eigenvalue weighted by atomic mass is 10.2. The van der Waals surface area contributed by atoms with Gasteiger partial charge in [0.05, 0.1) is 19.4 Å². The first-order valence-corrected chi connectivity index (χ1v) is 6.65. The Morgan fingerprint density at radius 3 is 2.76 bits per heavy atom. The zero-order chi connectivity index (χ0) is 15.2. The fourth-order valence-electron chi connectivity index (χ4n) is 1.84. The number of aromatic nitrogens is 1. The van der Waals surface area contributed by atoms with Gasteiger partial charge < -0.3 is 19.3 Å². The van der Waals surface area contributed by atoms with Gasteiger partial charge in [0.2, 0.25) is 5.76 Å². The van der Waals surface area contributed by atoms with E-state index in [1.54, 1.807) is 20.1 Å². The average Bonchev–Trinajstić information content (AvgIpc) is 2.92. The summed E-state index contributed by atoms with van der Waals surface area (Å²) in [4.78, 5) is 11.9. The van der Waals surface area contributed by atoms with E-state index in [-0.39, 0.29) is 11.7 Å². The number of hydrogen-bond donors (Lipinski definition) is 1. The van der Waals surface area contributed by atoms with Gasteiger partial charge in [-0.2, -0.15) is 0 Å². The molecule has 0 saturated carbocycles. The Labute approximate surface area is 123 Å². The molecular formula is C15H18N2O4. The Hall–Kier alpha value is -2.50. The van der Waals surface area contributed by atoms with Crippen LogP contribution < -0.4 is 14.8 Å². The summed E-state index contributed by atoms with van der Waals surface area (Å²) in [5.74, 6) is 1.22. The van der Waals surface area contributed by atoms with Gasteiger partial charge in [0, 0.05) is 12.6 Å². The maximum atomic E-state index is 11.9. The number of aryl methyl sites for hydroxylation is 1. The van der Waals surface area contributed by atoms with Crippen molar-refractivity contribution in [3.05, 3.63) is 41.3 Å². The molecular weight excluding hydrogens is 272 g/mol. The van der Waals surface area contributed by atoms with E-state index >= 15 is 0 Å². The van der Waals surface area contributed by atoms with E-state index in [1.165, 1.54) is 0 Å². The number of carbonyl (C=O) groups is 1. The summed E-state index contributed by atoms with van der Waals surface area (Å²) in [5, 5.41) is 6.44. The number of rotatable bonds is 6. The fourth-order valence-corrected chi connectivity index (χ4v) is 1.84. The lowest BCUT2D eigenvalue weighted by Gasteiger charge is -2.11. The van der Waals surface area contributed by atoms with Gasteiger partial charge in [-0.3, -0.25) is 4.79 Å². The van der Waals surface area contributed by atoms with Crippen LogP contribution in [0.4, 0.5) is 0 Å². The van der Waals surface area contributed by atoms with Crippen molar-refractivity contribution >= 4 is 5.91 Å². The first kappa shape index (κ1) is 14.9. The number of nitrogens with one attached hydrogen (secondary N) is 1. The molecule has 0 aliphatic heterocycles. The topological polar surface area (TPSA) is 73.6 Å². The highest BCUT2D eigenvalue weighted by Crippen LogP contribution is 2.27. The minimum atomic E-state index is -0.302. The molecule has 0 atom stereocenters. The minimum absolute atomic E-state index is 0.199. The van der Waals surface area contributed by atoms with Crippen LogP contribution >= 0.6 is 0 Å². The molecule has 0 bridgehead atoms. The average molecular weight is 290 g/mol. The summed E-state index contributed by atoms with van der Waals surface area (Å²) < 4.78 is 15.6. The summed E-state index contributed by atoms with van der Waals surface area (Å²) >= 11 is 0. The largest absolute Gasteiger partial charge is 0.493 e. The molecule has 1 heterocycles. The standard InChI is InChI=1S/C15H18N2O4/c1-4-20-12-6-5-11(8-13(12)19-3)9-16-15(18)14-7-10(2)17-21-14/h5-8H,4,9H2,1-3H3,(H,16,18). The molecule has 1 aromatic carbocycles. The Morgan fingerprint density at radius 1 is 1.33 bits per heavy atom. The van der Waals surface area contributed by atoms with Gasteiger partial charge in [-0.15, -0.1) is 0 Å². The van der Waals surface area contributed by atoms with Crippen LogP contribution in [0.25, 0.3) is 0 Å². The molecule has 0 unspecified atom stereocenters. The van der Waals surface area contributed by atoms with Crippen LogP contribution in [0.15, 0.2) is 28.8 Å². The number of ether oxygens (including phenoxy) is 2. The Kier molecular flexibility index (Phi) is 4.81. The van der Waals surface area contributed by atoms with E-state index in [2.05, 4.69) is 10.5 Å². The van der Waals surface area contributed by atoms with Crippen LogP contribution in [0, 0.1) is 6.92 Å². The number of nitrogens with zero attached hydrogens (tertiary/aromatic N) is 1. The van der Waals surface area contributed by atoms with Crippen LogP contribution in [0.3, 0.4) is 0 Å². The highest BCUT2D eigenvalue weighted by Gasteiger charge is 2.12. The number of benzene rings is 1. The zero-order valence-electron chi connectivity index (χ0n) is 12.3. The van der Waals surface area contributed by atoms with Gasteiger partial charge in [0.15, 0.2) is 11.5 Å². The number of carbonyl (C=O) groups excluding carboxylic acids is 1. The molecule has 0 aliphatic rings. The fraction of sp³-hybridized carbons (Fsp3) is 0.333. The molecule has 0 saturated heterocycles. The number of hydrogen-bond acceptors (Lipinski definition) is 5. The van der Waals surface area contributed by atoms with Gasteiger partial charge >= 0.3 is 0 Å². The SMILES string of the molecule is CCOc1ccc(CNC(=O)c2cc(C)no2)cc1OC. The van der Waals surface area contributed by atoms with Crippen molar-refractivity contribution in [3.8, 4) is 11.5 Å². The Bertz CT molecular complexity index is 622. The van der Waals surface area contributed by atoms with Gasteiger partial charge in [0.25, 0.3) is 5.91 Å². The van der Waals surface area contributed by atoms with Crippen molar-refractivity contribution in [1.82, 2.24) is 10.5 Å². The van der Waals surface area contributed by atoms with Crippen molar-refractivity contribution in [2.45, 2.75) is 20.4 Å². The molecule has 112 valence electrons. The lowest BCUT2D eigenvalue weighted by Crippen LogP contribution is -2.22. The summed E-state index contributed by atoms with van der Waals surface area (Å²) in [6.07, 6.45) is 0. The molecule has 6 heteroatoms. The lowest BCUT2D eigenvalue weighted by molar-refractivity contribution is 0.0914. The first-order chi connectivity index (χ1) is 10.1. The Balaban J connectivity index is 2.01. The van der Waals surface area contributed by atoms with Crippen LogP contribution in [0.1, 0.15) is 28.7 Å². The van der Waals surface area contributed by atoms with Crippen molar-refractivity contribution in [3.63, 3.8) is 0 Å². The third kappa shape index (κ3) is 3.75. The highest BCUT2D eigenvalue weighted by molar-refractivity contribution is 5.91. The van der Waals surface area contributed by atoms with Gasteiger partial charge in [-0.1, -0.05) is 11.2 Å². The van der Waals surface area contributed by atoms with E-state index in [0.717, 1.165) is 5.56 Å². The first-order valence-electron chi connectivity index (χ1n) is 6.65. The quantitative estimate of drug-likeness (QED) is 0.883. The third-order valence-electron chi connectivity index (χ3n) is 2.83. The number of amides is 1. The highest BCUT2D eigenvalue weighted by atomic mass is 16.5. The van der Waals surface area contributed by atoms with E-state index in [9.17, 15) is 4.79 Å². The summed E-state index contributed by atoms with van der Waals surface area (Å²) in [6, 6.07) is 7.12. The summed E-state index contributed by atoms with van der Waals surface area (Å²) in [5.41, 5.74) is 1.57. The maximum Gasteiger partial charge on any atom is 0.290 e. The second-order valence-corrected chi connectivity index (χ2v) is 4.43. The predicted molar refractivity (Wildman–Crippen MR) is 76.6 cm³/mol. The Morgan fingerprint density at radius 2 is 2.14 bits per heavy atom.